The Bertz CT molecular complexity index is 1230. The van der Waals surface area contributed by atoms with E-state index in [1.165, 1.54) is 6.07 Å². The summed E-state index contributed by atoms with van der Waals surface area (Å²) in [5.74, 6) is 0.389. The van der Waals surface area contributed by atoms with E-state index >= 15 is 0 Å². The number of carbonyl (C=O) groups is 2. The highest BCUT2D eigenvalue weighted by Crippen LogP contribution is 2.27. The molecule has 0 spiro atoms. The van der Waals surface area contributed by atoms with Crippen LogP contribution >= 0.6 is 0 Å². The van der Waals surface area contributed by atoms with Crippen LogP contribution < -0.4 is 10.1 Å². The molecule has 0 saturated carbocycles. The number of carbonyl (C=O) groups excluding carboxylic acids is 2. The monoisotopic (exact) mass is 521 g/mol. The van der Waals surface area contributed by atoms with Gasteiger partial charge in [0.15, 0.2) is 0 Å². The normalized spacial score (nSPS) is 18.0. The molecule has 0 bridgehead atoms. The lowest BCUT2D eigenvalue weighted by Gasteiger charge is -2.45. The molecule has 2 heterocycles. The number of halogens is 1. The average molecular weight is 522 g/mol. The Morgan fingerprint density at radius 2 is 1.87 bits per heavy atom. The van der Waals surface area contributed by atoms with Gasteiger partial charge in [-0.05, 0) is 43.7 Å². The second-order valence-electron chi connectivity index (χ2n) is 10.0. The van der Waals surface area contributed by atoms with Crippen LogP contribution in [-0.4, -0.2) is 53.4 Å². The largest absolute Gasteiger partial charge is 0.493 e. The Kier molecular flexibility index (Phi) is 8.84. The summed E-state index contributed by atoms with van der Waals surface area (Å²) in [6.45, 7) is 9.33. The number of hydrogen-bond acceptors (Lipinski definition) is 5. The third kappa shape index (κ3) is 6.25. The molecule has 1 aliphatic rings. The maximum atomic E-state index is 14.8. The van der Waals surface area contributed by atoms with Gasteiger partial charge in [-0.3, -0.25) is 14.5 Å². The van der Waals surface area contributed by atoms with E-state index in [4.69, 9.17) is 9.15 Å². The summed E-state index contributed by atoms with van der Waals surface area (Å²) >= 11 is 0. The summed E-state index contributed by atoms with van der Waals surface area (Å²) in [6.07, 6.45) is 1.63. The van der Waals surface area contributed by atoms with E-state index in [2.05, 4.69) is 5.32 Å². The molecule has 2 amide bonds. The second kappa shape index (κ2) is 12.3. The first kappa shape index (κ1) is 27.4. The maximum Gasteiger partial charge on any atom is 0.244 e. The van der Waals surface area contributed by atoms with Crippen molar-refractivity contribution in [3.05, 3.63) is 77.8 Å². The molecule has 1 fully saturated rings. The minimum Gasteiger partial charge on any atom is -0.493 e. The fraction of sp³-hybridized carbons (Fsp3) is 0.400. The third-order valence-corrected chi connectivity index (χ3v) is 6.80. The number of amides is 2. The quantitative estimate of drug-likeness (QED) is 0.435. The lowest BCUT2D eigenvalue weighted by Crippen LogP contribution is -2.64. The molecule has 202 valence electrons. The van der Waals surface area contributed by atoms with Gasteiger partial charge in [-0.2, -0.15) is 0 Å². The van der Waals surface area contributed by atoms with Crippen LogP contribution in [0.3, 0.4) is 0 Å². The van der Waals surface area contributed by atoms with E-state index in [-0.39, 0.29) is 36.1 Å². The Morgan fingerprint density at radius 3 is 2.53 bits per heavy atom. The topological polar surface area (TPSA) is 75.0 Å². The van der Waals surface area contributed by atoms with E-state index in [1.807, 2.05) is 69.0 Å². The van der Waals surface area contributed by atoms with Crippen LogP contribution in [0.25, 0.3) is 11.3 Å². The van der Waals surface area contributed by atoms with Gasteiger partial charge in [-0.25, -0.2) is 4.39 Å². The van der Waals surface area contributed by atoms with E-state index in [1.54, 1.807) is 23.3 Å². The summed E-state index contributed by atoms with van der Waals surface area (Å²) in [5, 5.41) is 3.01. The molecule has 7 nitrogen and oxygen atoms in total. The Labute approximate surface area is 223 Å². The number of piperazine rings is 1. The maximum absolute atomic E-state index is 14.8. The zero-order chi connectivity index (χ0) is 27.2. The van der Waals surface area contributed by atoms with Crippen molar-refractivity contribution in [2.45, 2.75) is 52.9 Å². The van der Waals surface area contributed by atoms with E-state index in [0.717, 1.165) is 16.9 Å². The Balaban J connectivity index is 1.49. The number of rotatable bonds is 9. The van der Waals surface area contributed by atoms with E-state index < -0.39 is 6.04 Å². The van der Waals surface area contributed by atoms with Gasteiger partial charge in [0.2, 0.25) is 11.8 Å². The lowest BCUT2D eigenvalue weighted by molar-refractivity contribution is -0.150. The van der Waals surface area contributed by atoms with Gasteiger partial charge in [-0.1, -0.05) is 44.2 Å². The van der Waals surface area contributed by atoms with Gasteiger partial charge in [0.25, 0.3) is 0 Å². The van der Waals surface area contributed by atoms with Crippen LogP contribution in [0, 0.1) is 11.7 Å². The molecule has 38 heavy (non-hydrogen) atoms. The van der Waals surface area contributed by atoms with Crippen molar-refractivity contribution < 1.29 is 23.1 Å². The second-order valence-corrected chi connectivity index (χ2v) is 10.0. The van der Waals surface area contributed by atoms with Crippen molar-refractivity contribution in [2.75, 3.05) is 19.7 Å². The zero-order valence-electron chi connectivity index (χ0n) is 22.4. The Hall–Kier alpha value is -3.65. The van der Waals surface area contributed by atoms with Crippen LogP contribution in [0.2, 0.25) is 0 Å². The molecule has 2 atom stereocenters. The highest BCUT2D eigenvalue weighted by atomic mass is 19.1. The molecule has 1 saturated heterocycles. The molecular weight excluding hydrogens is 485 g/mol. The number of furan rings is 1. The Morgan fingerprint density at radius 1 is 1.11 bits per heavy atom. The SMILES string of the molecule is CCOc1cccc(F)c1CN1C[C@@H](C)N(C(=O)C(C)C)[C@@H](C(=O)NCc2ccc(-c3ccco3)cc2)C1. The minimum atomic E-state index is -0.696. The van der Waals surface area contributed by atoms with E-state index in [0.29, 0.717) is 37.6 Å². The summed E-state index contributed by atoms with van der Waals surface area (Å²) in [4.78, 5) is 30.4. The number of nitrogens with one attached hydrogen (secondary N) is 1. The van der Waals surface area contributed by atoms with Crippen LogP contribution in [-0.2, 0) is 22.7 Å². The standard InChI is InChI=1S/C30H36FN3O4/c1-5-37-28-9-6-8-25(31)24(28)18-33-17-21(4)34(30(36)20(2)3)26(19-33)29(35)32-16-22-11-13-23(14-12-22)27-10-7-15-38-27/h6-15,20-21,26H,5,16-19H2,1-4H3,(H,32,35)/t21-,26-/m1/s1. The van der Waals surface area contributed by atoms with Crippen molar-refractivity contribution in [1.82, 2.24) is 15.1 Å². The van der Waals surface area contributed by atoms with Crippen molar-refractivity contribution in [2.24, 2.45) is 5.92 Å². The first-order valence-electron chi connectivity index (χ1n) is 13.1. The molecule has 4 rings (SSSR count). The van der Waals surface area contributed by atoms with Gasteiger partial charge < -0.3 is 19.4 Å². The highest BCUT2D eigenvalue weighted by molar-refractivity contribution is 5.89. The minimum absolute atomic E-state index is 0.0685. The van der Waals surface area contributed by atoms with Gasteiger partial charge >= 0.3 is 0 Å². The molecule has 8 heteroatoms. The fourth-order valence-corrected chi connectivity index (χ4v) is 4.93. The fourth-order valence-electron chi connectivity index (χ4n) is 4.93. The van der Waals surface area contributed by atoms with Crippen LogP contribution in [0.15, 0.2) is 65.3 Å². The first-order valence-corrected chi connectivity index (χ1v) is 13.1. The van der Waals surface area contributed by atoms with E-state index in [9.17, 15) is 14.0 Å². The predicted octanol–water partition coefficient (Wildman–Crippen LogP) is 4.86. The number of nitrogens with zero attached hydrogens (tertiary/aromatic N) is 2. The average Bonchev–Trinajstić information content (AvgIpc) is 3.44. The summed E-state index contributed by atoms with van der Waals surface area (Å²) < 4.78 is 25.9. The van der Waals surface area contributed by atoms with Crippen molar-refractivity contribution in [1.29, 1.82) is 0 Å². The van der Waals surface area contributed by atoms with Gasteiger partial charge in [-0.15, -0.1) is 0 Å². The molecule has 3 aromatic rings. The summed E-state index contributed by atoms with van der Waals surface area (Å²) in [7, 11) is 0. The predicted molar refractivity (Wildman–Crippen MR) is 144 cm³/mol. The molecule has 0 radical (unpaired) electrons. The van der Waals surface area contributed by atoms with Crippen molar-refractivity contribution in [3.63, 3.8) is 0 Å². The van der Waals surface area contributed by atoms with Gasteiger partial charge in [0, 0.05) is 49.3 Å². The van der Waals surface area contributed by atoms with Gasteiger partial charge in [0.1, 0.15) is 23.4 Å². The van der Waals surface area contributed by atoms with Crippen molar-refractivity contribution in [3.8, 4) is 17.1 Å². The van der Waals surface area contributed by atoms with Crippen LogP contribution in [0.1, 0.15) is 38.8 Å². The third-order valence-electron chi connectivity index (χ3n) is 6.80. The highest BCUT2D eigenvalue weighted by Gasteiger charge is 2.40. The molecule has 2 aromatic carbocycles. The number of benzene rings is 2. The molecule has 0 aliphatic carbocycles. The zero-order valence-corrected chi connectivity index (χ0v) is 22.4. The number of hydrogen-bond donors (Lipinski definition) is 1. The number of ether oxygens (including phenoxy) is 1. The smallest absolute Gasteiger partial charge is 0.244 e. The lowest BCUT2D eigenvalue weighted by atomic mass is 10.0. The van der Waals surface area contributed by atoms with Gasteiger partial charge in [0.05, 0.1) is 12.9 Å². The molecule has 1 aliphatic heterocycles. The summed E-state index contributed by atoms with van der Waals surface area (Å²) in [6, 6.07) is 15.4. The van der Waals surface area contributed by atoms with Crippen molar-refractivity contribution >= 4 is 11.8 Å². The molecular formula is C30H36FN3O4. The first-order chi connectivity index (χ1) is 18.3. The molecule has 1 N–H and O–H groups in total. The van der Waals surface area contributed by atoms with Crippen LogP contribution in [0.4, 0.5) is 4.39 Å². The summed E-state index contributed by atoms with van der Waals surface area (Å²) in [5.41, 5.74) is 2.35. The van der Waals surface area contributed by atoms with Crippen LogP contribution in [0.5, 0.6) is 5.75 Å². The molecule has 1 aromatic heterocycles. The molecule has 0 unspecified atom stereocenters.